The molecule has 1 aliphatic rings. The maximum atomic E-state index is 12.0. The zero-order chi connectivity index (χ0) is 17.8. The maximum Gasteiger partial charge on any atom is 0.313 e. The van der Waals surface area contributed by atoms with Gasteiger partial charge in [-0.1, -0.05) is 30.3 Å². The third-order valence-corrected chi connectivity index (χ3v) is 4.64. The molecule has 0 saturated heterocycles. The molecule has 0 aromatic heterocycles. The minimum Gasteiger partial charge on any atom is -0.469 e. The normalized spacial score (nSPS) is 17.3. The van der Waals surface area contributed by atoms with Gasteiger partial charge >= 0.3 is 5.97 Å². The monoisotopic (exact) mass is 336 g/mol. The van der Waals surface area contributed by atoms with Gasteiger partial charge in [-0.3, -0.25) is 4.79 Å². The van der Waals surface area contributed by atoms with Crippen molar-refractivity contribution in [3.63, 3.8) is 0 Å². The van der Waals surface area contributed by atoms with E-state index in [1.54, 1.807) is 24.3 Å². The SMILES string of the molecule is COC(=O)C1CCN(CC(O)c2ccc(C#N)cc2)c2ccccc21. The van der Waals surface area contributed by atoms with Crippen LogP contribution in [0.4, 0.5) is 5.69 Å². The maximum absolute atomic E-state index is 12.0. The summed E-state index contributed by atoms with van der Waals surface area (Å²) in [4.78, 5) is 14.1. The molecule has 2 atom stereocenters. The Labute approximate surface area is 147 Å². The Morgan fingerprint density at radius 1 is 1.32 bits per heavy atom. The highest BCUT2D eigenvalue weighted by Crippen LogP contribution is 2.36. The number of esters is 1. The van der Waals surface area contributed by atoms with E-state index in [0.717, 1.165) is 16.8 Å². The van der Waals surface area contributed by atoms with Crippen molar-refractivity contribution in [3.8, 4) is 6.07 Å². The van der Waals surface area contributed by atoms with Gasteiger partial charge in [-0.05, 0) is 35.7 Å². The quantitative estimate of drug-likeness (QED) is 0.869. The van der Waals surface area contributed by atoms with E-state index in [-0.39, 0.29) is 11.9 Å². The molecule has 1 aliphatic heterocycles. The Hall–Kier alpha value is -2.84. The van der Waals surface area contributed by atoms with Crippen LogP contribution in [0.3, 0.4) is 0 Å². The van der Waals surface area contributed by atoms with E-state index in [4.69, 9.17) is 10.00 Å². The molecule has 0 radical (unpaired) electrons. The van der Waals surface area contributed by atoms with Crippen molar-refractivity contribution in [1.82, 2.24) is 0 Å². The number of aliphatic hydroxyl groups excluding tert-OH is 1. The number of aliphatic hydroxyl groups is 1. The first-order valence-electron chi connectivity index (χ1n) is 8.24. The molecular formula is C20H20N2O3. The van der Waals surface area contributed by atoms with Crippen molar-refractivity contribution in [2.24, 2.45) is 0 Å². The number of hydrogen-bond donors (Lipinski definition) is 1. The third-order valence-electron chi connectivity index (χ3n) is 4.64. The first-order chi connectivity index (χ1) is 12.1. The van der Waals surface area contributed by atoms with Crippen molar-refractivity contribution in [2.75, 3.05) is 25.1 Å². The number of benzene rings is 2. The fourth-order valence-corrected chi connectivity index (χ4v) is 3.30. The standard InChI is InChI=1S/C20H20N2O3/c1-25-20(24)17-10-11-22(18-5-3-2-4-16(17)18)13-19(23)15-8-6-14(12-21)7-9-15/h2-9,17,19,23H,10-11,13H2,1H3. The number of nitrogens with zero attached hydrogens (tertiary/aromatic N) is 2. The number of carbonyl (C=O) groups is 1. The van der Waals surface area contributed by atoms with Crippen molar-refractivity contribution < 1.29 is 14.6 Å². The first kappa shape index (κ1) is 17.0. The van der Waals surface area contributed by atoms with Crippen molar-refractivity contribution in [1.29, 1.82) is 5.26 Å². The van der Waals surface area contributed by atoms with Gasteiger partial charge in [-0.2, -0.15) is 5.26 Å². The number of anilines is 1. The van der Waals surface area contributed by atoms with E-state index in [9.17, 15) is 9.90 Å². The molecule has 0 amide bonds. The van der Waals surface area contributed by atoms with Gasteiger partial charge in [0.25, 0.3) is 0 Å². The summed E-state index contributed by atoms with van der Waals surface area (Å²) >= 11 is 0. The third kappa shape index (κ3) is 3.49. The second kappa shape index (κ2) is 7.37. The molecule has 5 nitrogen and oxygen atoms in total. The molecule has 0 saturated carbocycles. The van der Waals surface area contributed by atoms with Crippen LogP contribution in [0, 0.1) is 11.3 Å². The highest BCUT2D eigenvalue weighted by atomic mass is 16.5. The highest BCUT2D eigenvalue weighted by molar-refractivity contribution is 5.82. The van der Waals surface area contributed by atoms with Crippen molar-refractivity contribution in [2.45, 2.75) is 18.4 Å². The Kier molecular flexibility index (Phi) is 5.01. The van der Waals surface area contributed by atoms with Gasteiger partial charge in [0.1, 0.15) is 0 Å². The molecule has 0 spiro atoms. The van der Waals surface area contributed by atoms with Gasteiger partial charge in [0.05, 0.1) is 30.8 Å². The van der Waals surface area contributed by atoms with Crippen molar-refractivity contribution >= 4 is 11.7 Å². The van der Waals surface area contributed by atoms with E-state index >= 15 is 0 Å². The molecule has 0 bridgehead atoms. The van der Waals surface area contributed by atoms with Gasteiger partial charge in [-0.25, -0.2) is 0 Å². The lowest BCUT2D eigenvalue weighted by Crippen LogP contribution is -2.36. The molecule has 3 rings (SSSR count). The van der Waals surface area contributed by atoms with Gasteiger partial charge in [0, 0.05) is 18.8 Å². The van der Waals surface area contributed by atoms with E-state index in [2.05, 4.69) is 11.0 Å². The predicted molar refractivity (Wildman–Crippen MR) is 94.1 cm³/mol. The Morgan fingerprint density at radius 3 is 2.72 bits per heavy atom. The summed E-state index contributed by atoms with van der Waals surface area (Å²) in [6, 6.07) is 16.8. The number of carbonyl (C=O) groups excluding carboxylic acids is 1. The Balaban J connectivity index is 1.80. The number of hydrogen-bond acceptors (Lipinski definition) is 5. The highest BCUT2D eigenvalue weighted by Gasteiger charge is 2.31. The summed E-state index contributed by atoms with van der Waals surface area (Å²) in [6.07, 6.45) is -0.0143. The van der Waals surface area contributed by atoms with E-state index in [1.165, 1.54) is 7.11 Å². The average Bonchev–Trinajstić information content (AvgIpc) is 2.67. The molecule has 2 aromatic carbocycles. The smallest absolute Gasteiger partial charge is 0.313 e. The van der Waals surface area contributed by atoms with E-state index in [1.807, 2.05) is 24.3 Å². The van der Waals surface area contributed by atoms with Crippen LogP contribution in [-0.2, 0) is 9.53 Å². The number of nitriles is 1. The lowest BCUT2D eigenvalue weighted by Gasteiger charge is -2.36. The lowest BCUT2D eigenvalue weighted by molar-refractivity contribution is -0.142. The largest absolute Gasteiger partial charge is 0.469 e. The average molecular weight is 336 g/mol. The van der Waals surface area contributed by atoms with Crippen LogP contribution in [0.5, 0.6) is 0 Å². The number of ether oxygens (including phenoxy) is 1. The topological polar surface area (TPSA) is 73.6 Å². The minimum atomic E-state index is -0.671. The van der Waals surface area contributed by atoms with Gasteiger partial charge in [0.15, 0.2) is 0 Å². The van der Waals surface area contributed by atoms with Gasteiger partial charge < -0.3 is 14.7 Å². The lowest BCUT2D eigenvalue weighted by atomic mass is 9.89. The molecule has 0 aliphatic carbocycles. The van der Waals surface area contributed by atoms with Crippen LogP contribution in [0.1, 0.15) is 35.1 Å². The first-order valence-corrected chi connectivity index (χ1v) is 8.24. The van der Waals surface area contributed by atoms with Gasteiger partial charge in [-0.15, -0.1) is 0 Å². The Morgan fingerprint density at radius 2 is 2.04 bits per heavy atom. The van der Waals surface area contributed by atoms with Crippen LogP contribution in [0.15, 0.2) is 48.5 Å². The zero-order valence-electron chi connectivity index (χ0n) is 14.1. The molecular weight excluding hydrogens is 316 g/mol. The molecule has 2 aromatic rings. The summed E-state index contributed by atoms with van der Waals surface area (Å²) in [5.74, 6) is -0.482. The molecule has 5 heteroatoms. The number of fused-ring (bicyclic) bond motifs is 1. The van der Waals surface area contributed by atoms with E-state index < -0.39 is 6.10 Å². The second-order valence-corrected chi connectivity index (χ2v) is 6.12. The summed E-state index contributed by atoms with van der Waals surface area (Å²) in [5, 5.41) is 19.4. The second-order valence-electron chi connectivity index (χ2n) is 6.12. The number of β-amino-alcohol motifs (C(OH)–C–C–N with tert-alkyl or cyclic N) is 1. The fraction of sp³-hybridized carbons (Fsp3) is 0.300. The van der Waals surface area contributed by atoms with Crippen LogP contribution in [0.25, 0.3) is 0 Å². The zero-order valence-corrected chi connectivity index (χ0v) is 14.1. The predicted octanol–water partition coefficient (Wildman–Crippen LogP) is 2.76. The molecule has 25 heavy (non-hydrogen) atoms. The summed E-state index contributed by atoms with van der Waals surface area (Å²) in [6.45, 7) is 1.10. The van der Waals surface area contributed by atoms with Crippen LogP contribution in [0.2, 0.25) is 0 Å². The minimum absolute atomic E-state index is 0.222. The molecule has 1 N–H and O–H groups in total. The fourth-order valence-electron chi connectivity index (χ4n) is 3.30. The molecule has 2 unspecified atom stereocenters. The Bertz CT molecular complexity index is 795. The number of para-hydroxylation sites is 1. The number of methoxy groups -OCH3 is 1. The van der Waals surface area contributed by atoms with Gasteiger partial charge in [0.2, 0.25) is 0 Å². The van der Waals surface area contributed by atoms with Crippen LogP contribution >= 0.6 is 0 Å². The molecule has 0 fully saturated rings. The summed E-state index contributed by atoms with van der Waals surface area (Å²) in [7, 11) is 1.41. The van der Waals surface area contributed by atoms with Crippen molar-refractivity contribution in [3.05, 3.63) is 65.2 Å². The van der Waals surface area contributed by atoms with E-state index in [0.29, 0.717) is 25.1 Å². The number of rotatable bonds is 4. The van der Waals surface area contributed by atoms with Crippen LogP contribution < -0.4 is 4.90 Å². The molecule has 128 valence electrons. The summed E-state index contributed by atoms with van der Waals surface area (Å²) in [5.41, 5.74) is 3.23. The molecule has 1 heterocycles. The summed E-state index contributed by atoms with van der Waals surface area (Å²) < 4.78 is 4.92. The van der Waals surface area contributed by atoms with Crippen LogP contribution in [-0.4, -0.2) is 31.3 Å².